The lowest BCUT2D eigenvalue weighted by molar-refractivity contribution is -0.108. The van der Waals surface area contributed by atoms with Gasteiger partial charge in [-0.2, -0.15) is 0 Å². The molecule has 1 aromatic rings. The topological polar surface area (TPSA) is 46.6 Å². The summed E-state index contributed by atoms with van der Waals surface area (Å²) < 4.78 is 26.5. The molecule has 0 atom stereocenters. The van der Waals surface area contributed by atoms with Gasteiger partial charge in [0.25, 0.3) is 10.0 Å². The quantitative estimate of drug-likeness (QED) is 0.841. The average molecular weight is 320 g/mol. The Hall–Kier alpha value is -0.430. The van der Waals surface area contributed by atoms with Gasteiger partial charge in [0.05, 0.1) is 11.5 Å². The van der Waals surface area contributed by atoms with E-state index in [0.29, 0.717) is 18.0 Å². The minimum atomic E-state index is -3.53. The number of aryl methyl sites for hydroxylation is 1. The van der Waals surface area contributed by atoms with E-state index >= 15 is 0 Å². The zero-order valence-electron chi connectivity index (χ0n) is 9.52. The number of benzene rings is 1. The summed E-state index contributed by atoms with van der Waals surface area (Å²) in [7, 11) is -3.53. The van der Waals surface area contributed by atoms with Crippen LogP contribution in [0.25, 0.3) is 0 Å². The highest BCUT2D eigenvalue weighted by Crippen LogP contribution is 2.25. The molecule has 0 aliphatic carbocycles. The highest BCUT2D eigenvalue weighted by atomic mass is 79.9. The van der Waals surface area contributed by atoms with Crippen LogP contribution in [-0.4, -0.2) is 26.0 Å². The van der Waals surface area contributed by atoms with Gasteiger partial charge in [0.1, 0.15) is 0 Å². The van der Waals surface area contributed by atoms with Gasteiger partial charge in [-0.25, -0.2) is 8.42 Å². The number of hydroxylamine groups is 1. The maximum Gasteiger partial charge on any atom is 0.265 e. The molecule has 0 N–H and O–H groups in total. The Bertz CT molecular complexity index is 509. The standard InChI is InChI=1S/C11H14BrNO3S/c1-9-4-5-10(12)8-11(9)17(14,15)13-6-2-3-7-16-13/h4-5,8H,2-3,6-7H2,1H3. The summed E-state index contributed by atoms with van der Waals surface area (Å²) in [6.45, 7) is 2.67. The van der Waals surface area contributed by atoms with Crippen molar-refractivity contribution in [3.05, 3.63) is 28.2 Å². The maximum absolute atomic E-state index is 12.3. The number of sulfonamides is 1. The average Bonchev–Trinajstić information content (AvgIpc) is 2.33. The van der Waals surface area contributed by atoms with Crippen molar-refractivity contribution in [2.24, 2.45) is 0 Å². The third kappa shape index (κ3) is 2.70. The lowest BCUT2D eigenvalue weighted by atomic mass is 10.2. The summed E-state index contributed by atoms with van der Waals surface area (Å²) in [4.78, 5) is 5.52. The summed E-state index contributed by atoms with van der Waals surface area (Å²) >= 11 is 3.29. The van der Waals surface area contributed by atoms with Gasteiger partial charge in [0.2, 0.25) is 0 Å². The molecule has 17 heavy (non-hydrogen) atoms. The number of halogens is 1. The normalized spacial score (nSPS) is 18.2. The molecule has 0 aromatic heterocycles. The van der Waals surface area contributed by atoms with E-state index in [-0.39, 0.29) is 0 Å². The van der Waals surface area contributed by atoms with Crippen LogP contribution in [0.4, 0.5) is 0 Å². The van der Waals surface area contributed by atoms with Crippen molar-refractivity contribution in [2.45, 2.75) is 24.7 Å². The SMILES string of the molecule is Cc1ccc(Br)cc1S(=O)(=O)N1CCCCO1. The highest BCUT2D eigenvalue weighted by molar-refractivity contribution is 9.10. The fraction of sp³-hybridized carbons (Fsp3) is 0.455. The second-order valence-corrected chi connectivity index (χ2v) is 6.69. The molecular weight excluding hydrogens is 306 g/mol. The molecule has 0 amide bonds. The predicted molar refractivity (Wildman–Crippen MR) is 68.0 cm³/mol. The number of nitrogens with zero attached hydrogens (tertiary/aromatic N) is 1. The Morgan fingerprint density at radius 2 is 2.12 bits per heavy atom. The molecule has 94 valence electrons. The van der Waals surface area contributed by atoms with Crippen LogP contribution in [0.2, 0.25) is 0 Å². The molecule has 0 bridgehead atoms. The van der Waals surface area contributed by atoms with Gasteiger partial charge in [-0.1, -0.05) is 26.5 Å². The molecule has 2 rings (SSSR count). The molecule has 0 saturated carbocycles. The monoisotopic (exact) mass is 319 g/mol. The largest absolute Gasteiger partial charge is 0.284 e. The van der Waals surface area contributed by atoms with Crippen LogP contribution >= 0.6 is 15.9 Å². The molecule has 0 spiro atoms. The fourth-order valence-electron chi connectivity index (χ4n) is 1.72. The summed E-state index contributed by atoms with van der Waals surface area (Å²) in [6, 6.07) is 5.22. The minimum absolute atomic E-state index is 0.300. The molecule has 1 aliphatic heterocycles. The fourth-order valence-corrected chi connectivity index (χ4v) is 3.79. The van der Waals surface area contributed by atoms with Crippen LogP contribution in [0.15, 0.2) is 27.6 Å². The van der Waals surface area contributed by atoms with Crippen LogP contribution in [-0.2, 0) is 14.9 Å². The Balaban J connectivity index is 2.40. The first-order valence-corrected chi connectivity index (χ1v) is 7.67. The summed E-state index contributed by atoms with van der Waals surface area (Å²) in [5.74, 6) is 0. The zero-order chi connectivity index (χ0) is 12.5. The molecule has 1 saturated heterocycles. The number of hydrogen-bond acceptors (Lipinski definition) is 3. The summed E-state index contributed by atoms with van der Waals surface area (Å²) in [6.07, 6.45) is 1.75. The van der Waals surface area contributed by atoms with Gasteiger partial charge in [-0.05, 0) is 37.5 Å². The smallest absolute Gasteiger partial charge is 0.265 e. The number of hydrogen-bond donors (Lipinski definition) is 0. The predicted octanol–water partition coefficient (Wildman–Crippen LogP) is 2.47. The summed E-state index contributed by atoms with van der Waals surface area (Å²) in [5, 5.41) is 0. The van der Waals surface area contributed by atoms with Gasteiger partial charge in [-0.3, -0.25) is 4.84 Å². The van der Waals surface area contributed by atoms with Gasteiger partial charge < -0.3 is 0 Å². The first-order chi connectivity index (χ1) is 8.01. The van der Waals surface area contributed by atoms with E-state index in [4.69, 9.17) is 4.84 Å². The molecule has 1 fully saturated rings. The van der Waals surface area contributed by atoms with Crippen molar-refractivity contribution in [3.8, 4) is 0 Å². The van der Waals surface area contributed by atoms with Crippen molar-refractivity contribution >= 4 is 26.0 Å². The van der Waals surface area contributed by atoms with Crippen LogP contribution in [0.5, 0.6) is 0 Å². The molecule has 0 radical (unpaired) electrons. The minimum Gasteiger partial charge on any atom is -0.284 e. The van der Waals surface area contributed by atoms with Crippen molar-refractivity contribution in [1.29, 1.82) is 0 Å². The second-order valence-electron chi connectivity index (χ2n) is 3.98. The van der Waals surface area contributed by atoms with Crippen LogP contribution in [0, 0.1) is 6.92 Å². The molecule has 1 aromatic carbocycles. The summed E-state index contributed by atoms with van der Waals surface area (Å²) in [5.41, 5.74) is 0.724. The molecular formula is C11H14BrNO3S. The second kappa shape index (κ2) is 5.06. The van der Waals surface area contributed by atoms with E-state index in [1.54, 1.807) is 19.1 Å². The zero-order valence-corrected chi connectivity index (χ0v) is 11.9. The highest BCUT2D eigenvalue weighted by Gasteiger charge is 2.28. The van der Waals surface area contributed by atoms with E-state index in [2.05, 4.69) is 15.9 Å². The van der Waals surface area contributed by atoms with Crippen LogP contribution in [0.3, 0.4) is 0 Å². The molecule has 4 nitrogen and oxygen atoms in total. The molecule has 0 unspecified atom stereocenters. The van der Waals surface area contributed by atoms with Gasteiger partial charge >= 0.3 is 0 Å². The van der Waals surface area contributed by atoms with Crippen molar-refractivity contribution in [3.63, 3.8) is 0 Å². The lowest BCUT2D eigenvalue weighted by Crippen LogP contribution is -2.36. The third-order valence-corrected chi connectivity index (χ3v) is 4.98. The Morgan fingerprint density at radius 1 is 1.35 bits per heavy atom. The first-order valence-electron chi connectivity index (χ1n) is 5.43. The number of rotatable bonds is 2. The van der Waals surface area contributed by atoms with E-state index in [9.17, 15) is 8.42 Å². The Kier molecular flexibility index (Phi) is 3.87. The van der Waals surface area contributed by atoms with E-state index in [0.717, 1.165) is 27.3 Å². The van der Waals surface area contributed by atoms with Crippen molar-refractivity contribution in [1.82, 2.24) is 4.47 Å². The molecule has 1 heterocycles. The van der Waals surface area contributed by atoms with Crippen molar-refractivity contribution in [2.75, 3.05) is 13.2 Å². The molecule has 1 aliphatic rings. The van der Waals surface area contributed by atoms with Gasteiger partial charge in [0, 0.05) is 11.0 Å². The van der Waals surface area contributed by atoms with E-state index in [1.165, 1.54) is 0 Å². The van der Waals surface area contributed by atoms with Gasteiger partial charge in [-0.15, -0.1) is 0 Å². The third-order valence-electron chi connectivity index (χ3n) is 2.67. The van der Waals surface area contributed by atoms with E-state index in [1.807, 2.05) is 6.07 Å². The molecule has 6 heteroatoms. The van der Waals surface area contributed by atoms with Gasteiger partial charge in [0.15, 0.2) is 0 Å². The van der Waals surface area contributed by atoms with E-state index < -0.39 is 10.0 Å². The lowest BCUT2D eigenvalue weighted by Gasteiger charge is -2.25. The van der Waals surface area contributed by atoms with Crippen LogP contribution in [0.1, 0.15) is 18.4 Å². The first kappa shape index (κ1) is 13.0. The maximum atomic E-state index is 12.3. The van der Waals surface area contributed by atoms with Crippen LogP contribution < -0.4 is 0 Å². The Morgan fingerprint density at radius 3 is 2.76 bits per heavy atom. The Labute approximate surface area is 110 Å². The van der Waals surface area contributed by atoms with Crippen molar-refractivity contribution < 1.29 is 13.3 Å².